The van der Waals surface area contributed by atoms with E-state index in [4.69, 9.17) is 16.3 Å². The third-order valence-electron chi connectivity index (χ3n) is 4.64. The van der Waals surface area contributed by atoms with Crippen molar-refractivity contribution >= 4 is 16.8 Å². The molecule has 0 amide bonds. The molecule has 8 heteroatoms. The van der Waals surface area contributed by atoms with Crippen molar-refractivity contribution in [1.82, 2.24) is 14.0 Å². The van der Waals surface area contributed by atoms with E-state index < -0.39 is 16.5 Å². The van der Waals surface area contributed by atoms with E-state index in [1.165, 1.54) is 10.8 Å². The molecule has 7 nitrogen and oxygen atoms in total. The molecule has 1 saturated heterocycles. The molecule has 27 heavy (non-hydrogen) atoms. The maximum atomic E-state index is 12.9. The molecule has 0 spiro atoms. The van der Waals surface area contributed by atoms with Crippen molar-refractivity contribution in [2.45, 2.75) is 19.9 Å². The molecule has 1 aliphatic rings. The van der Waals surface area contributed by atoms with Crippen LogP contribution in [0.4, 0.5) is 0 Å². The Balaban J connectivity index is 1.91. The molecule has 0 aliphatic carbocycles. The van der Waals surface area contributed by atoms with E-state index in [1.807, 2.05) is 6.92 Å². The second-order valence-corrected chi connectivity index (χ2v) is 6.92. The minimum atomic E-state index is -0.872. The van der Waals surface area contributed by atoms with Crippen LogP contribution in [0.1, 0.15) is 22.3 Å². The third kappa shape index (κ3) is 4.55. The van der Waals surface area contributed by atoms with Gasteiger partial charge in [0.2, 0.25) is 0 Å². The third-order valence-corrected chi connectivity index (χ3v) is 4.84. The fourth-order valence-corrected chi connectivity index (χ4v) is 3.24. The van der Waals surface area contributed by atoms with Gasteiger partial charge < -0.3 is 4.74 Å². The van der Waals surface area contributed by atoms with Crippen LogP contribution in [0.3, 0.4) is 0 Å². The van der Waals surface area contributed by atoms with Crippen molar-refractivity contribution in [2.24, 2.45) is 0 Å². The van der Waals surface area contributed by atoms with Gasteiger partial charge in [0.15, 0.2) is 0 Å². The second kappa shape index (κ2) is 8.65. The number of nitrogens with zero attached hydrogens (tertiary/aromatic N) is 3. The highest BCUT2D eigenvalue weighted by molar-refractivity contribution is 6.67. The fraction of sp³-hybridized carbons (Fsp3) is 0.421. The Morgan fingerprint density at radius 2 is 1.78 bits per heavy atom. The highest BCUT2D eigenvalue weighted by Gasteiger charge is 2.17. The zero-order valence-electron chi connectivity index (χ0n) is 15.2. The Kier molecular flexibility index (Phi) is 6.26. The van der Waals surface area contributed by atoms with Crippen molar-refractivity contribution in [3.63, 3.8) is 0 Å². The normalized spacial score (nSPS) is 15.0. The summed E-state index contributed by atoms with van der Waals surface area (Å²) in [7, 11) is 0. The monoisotopic (exact) mass is 391 g/mol. The van der Waals surface area contributed by atoms with Crippen LogP contribution in [-0.4, -0.2) is 52.1 Å². The van der Waals surface area contributed by atoms with E-state index in [0.717, 1.165) is 29.8 Å². The number of benzene rings is 1. The van der Waals surface area contributed by atoms with Crippen LogP contribution in [0.25, 0.3) is 5.69 Å². The van der Waals surface area contributed by atoms with Crippen LogP contribution in [0.2, 0.25) is 0 Å². The molecule has 1 aromatic carbocycles. The van der Waals surface area contributed by atoms with Gasteiger partial charge in [0.1, 0.15) is 5.56 Å². The van der Waals surface area contributed by atoms with Crippen LogP contribution >= 0.6 is 11.6 Å². The summed E-state index contributed by atoms with van der Waals surface area (Å²) in [5.41, 5.74) is 0.0310. The molecular weight excluding hydrogens is 370 g/mol. The Morgan fingerprint density at radius 3 is 2.41 bits per heavy atom. The molecule has 1 fully saturated rings. The van der Waals surface area contributed by atoms with E-state index in [0.29, 0.717) is 31.9 Å². The van der Waals surface area contributed by atoms with Crippen molar-refractivity contribution in [1.29, 1.82) is 0 Å². The predicted molar refractivity (Wildman–Crippen MR) is 103 cm³/mol. The summed E-state index contributed by atoms with van der Waals surface area (Å²) < 4.78 is 7.71. The number of rotatable bonds is 6. The minimum Gasteiger partial charge on any atom is -0.379 e. The second-order valence-electron chi connectivity index (χ2n) is 6.58. The van der Waals surface area contributed by atoms with Gasteiger partial charge in [0.05, 0.1) is 18.9 Å². The van der Waals surface area contributed by atoms with Gasteiger partial charge in [-0.15, -0.1) is 0 Å². The highest BCUT2D eigenvalue weighted by atomic mass is 35.5. The zero-order chi connectivity index (χ0) is 19.4. The summed E-state index contributed by atoms with van der Waals surface area (Å²) in [6, 6.07) is 6.97. The lowest BCUT2D eigenvalue weighted by molar-refractivity contribution is 0.0369. The van der Waals surface area contributed by atoms with Gasteiger partial charge in [0, 0.05) is 32.4 Å². The van der Waals surface area contributed by atoms with E-state index in [-0.39, 0.29) is 5.56 Å². The molecule has 0 unspecified atom stereocenters. The van der Waals surface area contributed by atoms with Crippen molar-refractivity contribution in [3.8, 4) is 5.69 Å². The standard InChI is InChI=1S/C19H22ClN3O4/c1-14-3-5-15(6-4-14)23-18(25)16(17(20)24)13-22(19(23)26)8-2-7-21-9-11-27-12-10-21/h3-6,13H,2,7-12H2,1H3. The molecule has 0 atom stereocenters. The molecule has 144 valence electrons. The smallest absolute Gasteiger partial charge is 0.335 e. The first kappa shape index (κ1) is 19.5. The van der Waals surface area contributed by atoms with Gasteiger partial charge in [-0.1, -0.05) is 17.7 Å². The number of morpholine rings is 1. The summed E-state index contributed by atoms with van der Waals surface area (Å²) in [5.74, 6) is 0. The predicted octanol–water partition coefficient (Wildman–Crippen LogP) is 1.41. The number of ether oxygens (including phenoxy) is 1. The van der Waals surface area contributed by atoms with Crippen LogP contribution in [0.15, 0.2) is 40.1 Å². The summed E-state index contributed by atoms with van der Waals surface area (Å²) >= 11 is 5.58. The summed E-state index contributed by atoms with van der Waals surface area (Å²) in [6.45, 7) is 6.26. The average Bonchev–Trinajstić information content (AvgIpc) is 2.65. The molecule has 0 bridgehead atoms. The number of aromatic nitrogens is 2. The lowest BCUT2D eigenvalue weighted by atomic mass is 10.2. The molecule has 1 aliphatic heterocycles. The summed E-state index contributed by atoms with van der Waals surface area (Å²) in [5, 5.41) is -0.872. The molecule has 2 heterocycles. The number of carbonyl (C=O) groups is 1. The molecule has 2 aromatic rings. The molecular formula is C19H22ClN3O4. The largest absolute Gasteiger partial charge is 0.379 e. The topological polar surface area (TPSA) is 73.5 Å². The highest BCUT2D eigenvalue weighted by Crippen LogP contribution is 2.07. The Labute approximate surface area is 161 Å². The number of hydrogen-bond donors (Lipinski definition) is 0. The van der Waals surface area contributed by atoms with Crippen LogP contribution in [-0.2, 0) is 11.3 Å². The summed E-state index contributed by atoms with van der Waals surface area (Å²) in [6.07, 6.45) is 1.98. The fourth-order valence-electron chi connectivity index (χ4n) is 3.11. The van der Waals surface area contributed by atoms with Gasteiger partial charge in [-0.25, -0.2) is 9.36 Å². The molecule has 0 radical (unpaired) electrons. The molecule has 1 aromatic heterocycles. The van der Waals surface area contributed by atoms with Gasteiger partial charge >= 0.3 is 5.69 Å². The van der Waals surface area contributed by atoms with E-state index in [9.17, 15) is 14.4 Å². The maximum absolute atomic E-state index is 12.9. The van der Waals surface area contributed by atoms with Crippen molar-refractivity contribution in [3.05, 3.63) is 62.4 Å². The number of halogens is 1. The van der Waals surface area contributed by atoms with Crippen LogP contribution in [0, 0.1) is 6.92 Å². The lowest BCUT2D eigenvalue weighted by Gasteiger charge is -2.26. The van der Waals surface area contributed by atoms with E-state index in [1.54, 1.807) is 24.3 Å². The minimum absolute atomic E-state index is 0.205. The zero-order valence-corrected chi connectivity index (χ0v) is 15.9. The molecule has 0 N–H and O–H groups in total. The maximum Gasteiger partial charge on any atom is 0.335 e. The van der Waals surface area contributed by atoms with Gasteiger partial charge in [0.25, 0.3) is 10.8 Å². The van der Waals surface area contributed by atoms with Crippen LogP contribution < -0.4 is 11.2 Å². The first-order valence-electron chi connectivity index (χ1n) is 8.91. The number of carbonyl (C=O) groups excluding carboxylic acids is 1. The van der Waals surface area contributed by atoms with Crippen molar-refractivity contribution in [2.75, 3.05) is 32.8 Å². The van der Waals surface area contributed by atoms with Crippen molar-refractivity contribution < 1.29 is 9.53 Å². The summed E-state index contributed by atoms with van der Waals surface area (Å²) in [4.78, 5) is 39.4. The number of hydrogen-bond acceptors (Lipinski definition) is 5. The van der Waals surface area contributed by atoms with Crippen LogP contribution in [0.5, 0.6) is 0 Å². The first-order chi connectivity index (χ1) is 13.0. The molecule has 3 rings (SSSR count). The Morgan fingerprint density at radius 1 is 1.11 bits per heavy atom. The van der Waals surface area contributed by atoms with Gasteiger partial charge in [-0.3, -0.25) is 19.1 Å². The van der Waals surface area contributed by atoms with Gasteiger partial charge in [-0.05, 0) is 37.1 Å². The quantitative estimate of drug-likeness (QED) is 0.696. The van der Waals surface area contributed by atoms with E-state index in [2.05, 4.69) is 4.90 Å². The van der Waals surface area contributed by atoms with E-state index >= 15 is 0 Å². The average molecular weight is 392 g/mol. The Bertz CT molecular complexity index is 927. The molecule has 0 saturated carbocycles. The Hall–Kier alpha value is -2.22. The SMILES string of the molecule is Cc1ccc(-n2c(=O)c(C(=O)Cl)cn(CCCN3CCOCC3)c2=O)cc1. The lowest BCUT2D eigenvalue weighted by Crippen LogP contribution is -2.41. The first-order valence-corrected chi connectivity index (χ1v) is 9.28. The van der Waals surface area contributed by atoms with Gasteiger partial charge in [-0.2, -0.15) is 0 Å². The number of aryl methyl sites for hydroxylation is 2.